The predicted octanol–water partition coefficient (Wildman–Crippen LogP) is 3.93. The molecule has 0 saturated heterocycles. The summed E-state index contributed by atoms with van der Waals surface area (Å²) in [5.41, 5.74) is 2.85. The van der Waals surface area contributed by atoms with Crippen LogP contribution in [-0.2, 0) is 6.42 Å². The first kappa shape index (κ1) is 12.0. The quantitative estimate of drug-likeness (QED) is 0.880. The summed E-state index contributed by atoms with van der Waals surface area (Å²) in [5, 5.41) is 3.32. The van der Waals surface area contributed by atoms with Gasteiger partial charge in [0, 0.05) is 5.56 Å². The van der Waals surface area contributed by atoms with E-state index in [2.05, 4.69) is 18.3 Å². The van der Waals surface area contributed by atoms with E-state index in [4.69, 9.17) is 4.74 Å². The molecular formula is C16H16FNO. The minimum Gasteiger partial charge on any atom is -0.482 e. The van der Waals surface area contributed by atoms with Gasteiger partial charge in [0.05, 0.1) is 12.2 Å². The van der Waals surface area contributed by atoms with Crippen LogP contribution in [0.5, 0.6) is 5.75 Å². The topological polar surface area (TPSA) is 21.3 Å². The zero-order valence-electron chi connectivity index (χ0n) is 10.8. The number of anilines is 1. The monoisotopic (exact) mass is 257 g/mol. The Morgan fingerprint density at radius 2 is 2.11 bits per heavy atom. The van der Waals surface area contributed by atoms with Crippen LogP contribution in [0.1, 0.15) is 24.2 Å². The normalized spacial score (nSPS) is 17.3. The molecule has 1 aliphatic rings. The largest absolute Gasteiger partial charge is 0.482 e. The predicted molar refractivity (Wildman–Crippen MR) is 74.1 cm³/mol. The van der Waals surface area contributed by atoms with Crippen molar-refractivity contribution in [1.82, 2.24) is 0 Å². The van der Waals surface area contributed by atoms with Crippen LogP contribution < -0.4 is 10.1 Å². The van der Waals surface area contributed by atoms with E-state index >= 15 is 0 Å². The first-order chi connectivity index (χ1) is 9.28. The van der Waals surface area contributed by atoms with E-state index in [9.17, 15) is 4.39 Å². The number of benzene rings is 2. The lowest BCUT2D eigenvalue weighted by atomic mass is 10.1. The number of hydrogen-bond donors (Lipinski definition) is 1. The number of ether oxygens (including phenoxy) is 1. The maximum absolute atomic E-state index is 13.8. The fourth-order valence-corrected chi connectivity index (χ4v) is 2.35. The second-order valence-electron chi connectivity index (χ2n) is 4.69. The number of aryl methyl sites for hydroxylation is 1. The summed E-state index contributed by atoms with van der Waals surface area (Å²) in [5.74, 6) is 0.569. The van der Waals surface area contributed by atoms with Gasteiger partial charge >= 0.3 is 0 Å². The molecule has 1 atom stereocenters. The summed E-state index contributed by atoms with van der Waals surface area (Å²) < 4.78 is 19.7. The number of nitrogens with one attached hydrogen (secondary N) is 1. The van der Waals surface area contributed by atoms with Crippen LogP contribution in [-0.4, -0.2) is 6.54 Å². The fraction of sp³-hybridized carbons (Fsp3) is 0.250. The van der Waals surface area contributed by atoms with Gasteiger partial charge in [0.1, 0.15) is 17.7 Å². The van der Waals surface area contributed by atoms with Crippen LogP contribution in [0.2, 0.25) is 0 Å². The molecule has 0 amide bonds. The van der Waals surface area contributed by atoms with E-state index in [1.807, 2.05) is 18.2 Å². The Hall–Kier alpha value is -2.03. The van der Waals surface area contributed by atoms with Gasteiger partial charge in [-0.3, -0.25) is 0 Å². The highest BCUT2D eigenvalue weighted by Gasteiger charge is 2.23. The molecule has 1 unspecified atom stereocenters. The van der Waals surface area contributed by atoms with Crippen molar-refractivity contribution in [3.63, 3.8) is 0 Å². The maximum atomic E-state index is 13.8. The molecule has 2 nitrogen and oxygen atoms in total. The Bertz CT molecular complexity index is 597. The first-order valence-corrected chi connectivity index (χ1v) is 6.56. The number of fused-ring (bicyclic) bond motifs is 1. The van der Waals surface area contributed by atoms with Crippen LogP contribution in [0.15, 0.2) is 42.5 Å². The third kappa shape index (κ3) is 2.28. The SMILES string of the molecule is CCc1ccc2c(c1)NCC(c1ccccc1F)O2. The van der Waals surface area contributed by atoms with Gasteiger partial charge in [-0.05, 0) is 30.2 Å². The number of halogens is 1. The molecule has 0 radical (unpaired) electrons. The zero-order valence-corrected chi connectivity index (χ0v) is 10.8. The molecule has 0 fully saturated rings. The van der Waals surface area contributed by atoms with Gasteiger partial charge < -0.3 is 10.1 Å². The Labute approximate surface area is 112 Å². The molecule has 1 aliphatic heterocycles. The van der Waals surface area contributed by atoms with Crippen LogP contribution in [0.4, 0.5) is 10.1 Å². The van der Waals surface area contributed by atoms with E-state index in [1.165, 1.54) is 11.6 Å². The van der Waals surface area contributed by atoms with Crippen molar-refractivity contribution in [2.24, 2.45) is 0 Å². The molecule has 0 aliphatic carbocycles. The van der Waals surface area contributed by atoms with E-state index < -0.39 is 0 Å². The molecule has 0 spiro atoms. The molecule has 1 N–H and O–H groups in total. The second kappa shape index (κ2) is 4.92. The first-order valence-electron chi connectivity index (χ1n) is 6.56. The molecular weight excluding hydrogens is 241 g/mol. The van der Waals surface area contributed by atoms with E-state index in [0.717, 1.165) is 17.9 Å². The molecule has 0 saturated carbocycles. The summed E-state index contributed by atoms with van der Waals surface area (Å²) in [6.07, 6.45) is 0.715. The van der Waals surface area contributed by atoms with E-state index in [1.54, 1.807) is 12.1 Å². The summed E-state index contributed by atoms with van der Waals surface area (Å²) in [6.45, 7) is 2.70. The summed E-state index contributed by atoms with van der Waals surface area (Å²) in [7, 11) is 0. The van der Waals surface area contributed by atoms with Gasteiger partial charge in [0.2, 0.25) is 0 Å². The summed E-state index contributed by atoms with van der Waals surface area (Å²) >= 11 is 0. The number of hydrogen-bond acceptors (Lipinski definition) is 2. The average Bonchev–Trinajstić information content (AvgIpc) is 2.46. The van der Waals surface area contributed by atoms with Gasteiger partial charge in [-0.15, -0.1) is 0 Å². The lowest BCUT2D eigenvalue weighted by molar-refractivity contribution is 0.205. The fourth-order valence-electron chi connectivity index (χ4n) is 2.35. The van der Waals surface area contributed by atoms with Crippen molar-refractivity contribution < 1.29 is 9.13 Å². The smallest absolute Gasteiger partial charge is 0.144 e. The Balaban J connectivity index is 1.88. The Morgan fingerprint density at radius 1 is 1.26 bits per heavy atom. The van der Waals surface area contributed by atoms with Gasteiger partial charge in [0.15, 0.2) is 0 Å². The standard InChI is InChI=1S/C16H16FNO/c1-2-11-7-8-15-14(9-11)18-10-16(19-15)12-5-3-4-6-13(12)17/h3-9,16,18H,2,10H2,1H3. The highest BCUT2D eigenvalue weighted by molar-refractivity contribution is 5.60. The van der Waals surface area contributed by atoms with Crippen molar-refractivity contribution in [3.8, 4) is 5.75 Å². The molecule has 98 valence electrons. The number of rotatable bonds is 2. The molecule has 2 aromatic rings. The van der Waals surface area contributed by atoms with Crippen LogP contribution in [0.3, 0.4) is 0 Å². The van der Waals surface area contributed by atoms with Crippen molar-refractivity contribution in [2.45, 2.75) is 19.4 Å². The van der Waals surface area contributed by atoms with Crippen LogP contribution in [0, 0.1) is 5.82 Å². The van der Waals surface area contributed by atoms with E-state index in [0.29, 0.717) is 12.1 Å². The summed E-state index contributed by atoms with van der Waals surface area (Å²) in [4.78, 5) is 0. The van der Waals surface area contributed by atoms with Gasteiger partial charge in [-0.2, -0.15) is 0 Å². The molecule has 3 heteroatoms. The third-order valence-electron chi connectivity index (χ3n) is 3.45. The molecule has 19 heavy (non-hydrogen) atoms. The Morgan fingerprint density at radius 3 is 2.89 bits per heavy atom. The van der Waals surface area contributed by atoms with Gasteiger partial charge in [-0.25, -0.2) is 4.39 Å². The molecule has 1 heterocycles. The third-order valence-corrected chi connectivity index (χ3v) is 3.45. The maximum Gasteiger partial charge on any atom is 0.144 e. The van der Waals surface area contributed by atoms with Crippen molar-refractivity contribution in [3.05, 3.63) is 59.4 Å². The second-order valence-corrected chi connectivity index (χ2v) is 4.69. The zero-order chi connectivity index (χ0) is 13.2. The van der Waals surface area contributed by atoms with Crippen molar-refractivity contribution >= 4 is 5.69 Å². The molecule has 0 aromatic heterocycles. The lowest BCUT2D eigenvalue weighted by Gasteiger charge is -2.28. The van der Waals surface area contributed by atoms with Crippen molar-refractivity contribution in [2.75, 3.05) is 11.9 Å². The van der Waals surface area contributed by atoms with E-state index in [-0.39, 0.29) is 11.9 Å². The highest BCUT2D eigenvalue weighted by atomic mass is 19.1. The van der Waals surface area contributed by atoms with Crippen molar-refractivity contribution in [1.29, 1.82) is 0 Å². The van der Waals surface area contributed by atoms with Crippen LogP contribution in [0.25, 0.3) is 0 Å². The molecule has 0 bridgehead atoms. The summed E-state index contributed by atoms with van der Waals surface area (Å²) in [6, 6.07) is 12.8. The molecule has 3 rings (SSSR count). The average molecular weight is 257 g/mol. The van der Waals surface area contributed by atoms with Crippen LogP contribution >= 0.6 is 0 Å². The minimum absolute atomic E-state index is 0.220. The highest BCUT2D eigenvalue weighted by Crippen LogP contribution is 2.35. The minimum atomic E-state index is -0.277. The van der Waals surface area contributed by atoms with Gasteiger partial charge in [-0.1, -0.05) is 31.2 Å². The molecule has 2 aromatic carbocycles. The van der Waals surface area contributed by atoms with Gasteiger partial charge in [0.25, 0.3) is 0 Å². The Kier molecular flexibility index (Phi) is 3.11. The lowest BCUT2D eigenvalue weighted by Crippen LogP contribution is -2.24.